The van der Waals surface area contributed by atoms with Crippen molar-refractivity contribution < 1.29 is 9.53 Å². The second-order valence-corrected chi connectivity index (χ2v) is 7.36. The second kappa shape index (κ2) is 4.78. The third-order valence-electron chi connectivity index (χ3n) is 4.14. The average Bonchev–Trinajstić information content (AvgIpc) is 3.19. The molecular weight excluding hydrogens is 284 g/mol. The van der Waals surface area contributed by atoms with Gasteiger partial charge in [0.2, 0.25) is 5.60 Å². The Bertz CT molecular complexity index is 656. The highest BCUT2D eigenvalue weighted by atomic mass is 35.5. The molecule has 2 nitrogen and oxygen atoms in total. The highest BCUT2D eigenvalue weighted by molar-refractivity contribution is 6.30. The van der Waals surface area contributed by atoms with Crippen LogP contribution in [-0.2, 0) is 21.6 Å². The van der Waals surface area contributed by atoms with Gasteiger partial charge in [-0.3, -0.25) is 4.79 Å². The maximum atomic E-state index is 12.1. The Morgan fingerprint density at radius 3 is 2.67 bits per heavy atom. The number of ether oxygens (including phenoxy) is 1. The maximum Gasteiger partial charge on any atom is 0.312 e. The van der Waals surface area contributed by atoms with Gasteiger partial charge in [0, 0.05) is 21.9 Å². The molecule has 1 aliphatic carbocycles. The molecule has 110 valence electrons. The Balaban J connectivity index is 2.22. The number of cyclic esters (lactones) is 1. The van der Waals surface area contributed by atoms with E-state index in [4.69, 9.17) is 16.3 Å². The van der Waals surface area contributed by atoms with E-state index >= 15 is 0 Å². The molecule has 0 spiro atoms. The van der Waals surface area contributed by atoms with Crippen LogP contribution >= 0.6 is 11.6 Å². The number of rotatable bonds is 0. The summed E-state index contributed by atoms with van der Waals surface area (Å²) in [6, 6.07) is 5.63. The molecule has 1 fully saturated rings. The van der Waals surface area contributed by atoms with E-state index in [2.05, 4.69) is 32.6 Å². The molecular formula is C18H19ClO2. The predicted molar refractivity (Wildman–Crippen MR) is 82.9 cm³/mol. The number of benzene rings is 1. The maximum absolute atomic E-state index is 12.1. The molecule has 3 rings (SSSR count). The Morgan fingerprint density at radius 2 is 2.05 bits per heavy atom. The molecule has 1 aliphatic heterocycles. The molecule has 0 radical (unpaired) electrons. The molecule has 0 saturated heterocycles. The number of hydrogen-bond acceptors (Lipinski definition) is 2. The molecule has 2 aliphatic rings. The van der Waals surface area contributed by atoms with E-state index in [1.165, 1.54) is 0 Å². The monoisotopic (exact) mass is 302 g/mol. The molecule has 1 aromatic rings. The zero-order valence-corrected chi connectivity index (χ0v) is 13.4. The summed E-state index contributed by atoms with van der Waals surface area (Å²) in [5, 5.41) is 0.647. The number of carbonyl (C=O) groups is 1. The molecule has 1 atom stereocenters. The number of carbonyl (C=O) groups excluding carboxylic acids is 1. The third kappa shape index (κ3) is 2.56. The smallest absolute Gasteiger partial charge is 0.312 e. The third-order valence-corrected chi connectivity index (χ3v) is 4.37. The van der Waals surface area contributed by atoms with Crippen molar-refractivity contribution >= 4 is 17.6 Å². The molecule has 0 aromatic heterocycles. The summed E-state index contributed by atoms with van der Waals surface area (Å²) in [5.74, 6) is 6.82. The molecule has 1 heterocycles. The number of halogens is 1. The lowest BCUT2D eigenvalue weighted by molar-refractivity contribution is -0.167. The molecule has 1 aromatic carbocycles. The molecule has 0 N–H and O–H groups in total. The van der Waals surface area contributed by atoms with Crippen LogP contribution in [0.15, 0.2) is 18.2 Å². The zero-order valence-electron chi connectivity index (χ0n) is 12.6. The first kappa shape index (κ1) is 14.5. The van der Waals surface area contributed by atoms with Gasteiger partial charge in [-0.05, 0) is 36.5 Å². The zero-order chi connectivity index (χ0) is 15.3. The minimum atomic E-state index is -0.912. The van der Waals surface area contributed by atoms with Gasteiger partial charge in [-0.15, -0.1) is 0 Å². The van der Waals surface area contributed by atoms with Crippen LogP contribution in [0.3, 0.4) is 0 Å². The minimum absolute atomic E-state index is 0.218. The van der Waals surface area contributed by atoms with Crippen molar-refractivity contribution in [2.75, 3.05) is 0 Å². The fourth-order valence-corrected chi connectivity index (χ4v) is 2.89. The topological polar surface area (TPSA) is 26.3 Å². The van der Waals surface area contributed by atoms with Gasteiger partial charge in [0.05, 0.1) is 6.42 Å². The van der Waals surface area contributed by atoms with Gasteiger partial charge in [0.1, 0.15) is 0 Å². The van der Waals surface area contributed by atoms with Crippen molar-refractivity contribution in [2.45, 2.75) is 45.6 Å². The van der Waals surface area contributed by atoms with Crippen LogP contribution in [0.2, 0.25) is 5.02 Å². The molecule has 0 unspecified atom stereocenters. The fraction of sp³-hybridized carbons (Fsp3) is 0.500. The van der Waals surface area contributed by atoms with Crippen molar-refractivity contribution in [3.63, 3.8) is 0 Å². The first-order valence-corrected chi connectivity index (χ1v) is 7.73. The van der Waals surface area contributed by atoms with Crippen molar-refractivity contribution in [1.82, 2.24) is 0 Å². The highest BCUT2D eigenvalue weighted by Crippen LogP contribution is 2.47. The first-order valence-electron chi connectivity index (χ1n) is 7.35. The summed E-state index contributed by atoms with van der Waals surface area (Å²) in [4.78, 5) is 12.1. The molecule has 3 heteroatoms. The lowest BCUT2D eigenvalue weighted by atomic mass is 9.69. The summed E-state index contributed by atoms with van der Waals surface area (Å²) < 4.78 is 5.83. The van der Waals surface area contributed by atoms with Gasteiger partial charge >= 0.3 is 5.97 Å². The Morgan fingerprint density at radius 1 is 1.33 bits per heavy atom. The van der Waals surface area contributed by atoms with E-state index in [1.807, 2.05) is 18.2 Å². The van der Waals surface area contributed by atoms with Gasteiger partial charge in [0.15, 0.2) is 0 Å². The summed E-state index contributed by atoms with van der Waals surface area (Å²) in [7, 11) is 0. The van der Waals surface area contributed by atoms with Crippen molar-refractivity contribution in [1.29, 1.82) is 0 Å². The van der Waals surface area contributed by atoms with Gasteiger partial charge < -0.3 is 4.74 Å². The van der Waals surface area contributed by atoms with Crippen molar-refractivity contribution in [2.24, 2.45) is 11.3 Å². The average molecular weight is 303 g/mol. The summed E-state index contributed by atoms with van der Waals surface area (Å²) >= 11 is 6.18. The minimum Gasteiger partial charge on any atom is -0.441 e. The van der Waals surface area contributed by atoms with Gasteiger partial charge in [-0.2, -0.15) is 0 Å². The van der Waals surface area contributed by atoms with Crippen molar-refractivity contribution in [3.8, 4) is 11.8 Å². The summed E-state index contributed by atoms with van der Waals surface area (Å²) in [5.41, 5.74) is 0.668. The lowest BCUT2D eigenvalue weighted by Crippen LogP contribution is -2.47. The molecule has 1 saturated carbocycles. The number of esters is 1. The van der Waals surface area contributed by atoms with Gasteiger partial charge in [-0.1, -0.05) is 44.4 Å². The van der Waals surface area contributed by atoms with Gasteiger partial charge in [0.25, 0.3) is 0 Å². The largest absolute Gasteiger partial charge is 0.441 e. The van der Waals surface area contributed by atoms with E-state index in [1.54, 1.807) is 0 Å². The quantitative estimate of drug-likeness (QED) is 0.533. The van der Waals surface area contributed by atoms with E-state index in [0.717, 1.165) is 24.0 Å². The summed E-state index contributed by atoms with van der Waals surface area (Å²) in [6.45, 7) is 6.16. The van der Waals surface area contributed by atoms with Gasteiger partial charge in [-0.25, -0.2) is 0 Å². The SMILES string of the molecule is CC(C)(C)[C@@]1(C#CC2CC2)OC(=O)Cc2ccc(Cl)cc21. The highest BCUT2D eigenvalue weighted by Gasteiger charge is 2.50. The van der Waals surface area contributed by atoms with Crippen LogP contribution in [0.1, 0.15) is 44.7 Å². The standard InChI is InChI=1S/C18H19ClO2/c1-17(2,3)18(9-8-12-4-5-12)15-11-14(19)7-6-13(15)10-16(20)21-18/h6-7,11-12H,4-5,10H2,1-3H3/t18-/m0/s1. The van der Waals surface area contributed by atoms with Crippen LogP contribution in [0.25, 0.3) is 0 Å². The van der Waals surface area contributed by atoms with E-state index in [9.17, 15) is 4.79 Å². The first-order chi connectivity index (χ1) is 9.82. The van der Waals surface area contributed by atoms with Crippen LogP contribution in [0.5, 0.6) is 0 Å². The predicted octanol–water partition coefficient (Wildman–Crippen LogP) is 4.09. The number of fused-ring (bicyclic) bond motifs is 1. The summed E-state index contributed by atoms with van der Waals surface area (Å²) in [6.07, 6.45) is 2.57. The number of hydrogen-bond donors (Lipinski definition) is 0. The van der Waals surface area contributed by atoms with E-state index in [-0.39, 0.29) is 17.8 Å². The molecule has 0 bridgehead atoms. The fourth-order valence-electron chi connectivity index (χ4n) is 2.72. The van der Waals surface area contributed by atoms with Crippen molar-refractivity contribution in [3.05, 3.63) is 34.3 Å². The normalized spacial score (nSPS) is 24.7. The van der Waals surface area contributed by atoms with E-state index in [0.29, 0.717) is 10.9 Å². The Hall–Kier alpha value is -1.46. The van der Waals surface area contributed by atoms with Crippen LogP contribution in [0, 0.1) is 23.2 Å². The lowest BCUT2D eigenvalue weighted by Gasteiger charge is -2.43. The van der Waals surface area contributed by atoms with Crippen LogP contribution in [0.4, 0.5) is 0 Å². The van der Waals surface area contributed by atoms with Crippen LogP contribution in [-0.4, -0.2) is 5.97 Å². The second-order valence-electron chi connectivity index (χ2n) is 6.93. The van der Waals surface area contributed by atoms with E-state index < -0.39 is 5.60 Å². The Kier molecular flexibility index (Phi) is 3.30. The molecule has 21 heavy (non-hydrogen) atoms. The van der Waals surface area contributed by atoms with Crippen LogP contribution < -0.4 is 0 Å². The Labute approximate surface area is 130 Å². The molecule has 0 amide bonds.